The molecule has 2 atom stereocenters. The Morgan fingerprint density at radius 3 is 2.70 bits per heavy atom. The number of nitrogen functional groups attached to an aromatic ring is 1. The number of aryl methyl sites for hydroxylation is 1. The van der Waals surface area contributed by atoms with Gasteiger partial charge in [0.15, 0.2) is 0 Å². The first-order valence-corrected chi connectivity index (χ1v) is 9.04. The van der Waals surface area contributed by atoms with E-state index in [1.807, 2.05) is 31.3 Å². The highest BCUT2D eigenvalue weighted by Crippen LogP contribution is 2.52. The Morgan fingerprint density at radius 1 is 1.22 bits per heavy atom. The zero-order valence-electron chi connectivity index (χ0n) is 15.0. The zero-order valence-corrected chi connectivity index (χ0v) is 15.0. The molecular weight excluding hydrogens is 340 g/mol. The predicted octanol–water partition coefficient (Wildman–Crippen LogP) is 1.75. The second-order valence-corrected chi connectivity index (χ2v) is 7.51. The van der Waals surface area contributed by atoms with Crippen molar-refractivity contribution in [3.8, 4) is 11.3 Å². The number of aromatic nitrogens is 3. The molecule has 7 heteroatoms. The van der Waals surface area contributed by atoms with Crippen LogP contribution in [0.2, 0.25) is 0 Å². The maximum atomic E-state index is 11.4. The van der Waals surface area contributed by atoms with Gasteiger partial charge in [-0.3, -0.25) is 9.78 Å². The number of carbonyl (C=O) groups excluding carboxylic acids is 1. The van der Waals surface area contributed by atoms with Crippen LogP contribution in [-0.4, -0.2) is 33.9 Å². The van der Waals surface area contributed by atoms with Gasteiger partial charge < -0.3 is 16.4 Å². The van der Waals surface area contributed by atoms with Crippen LogP contribution in [-0.2, 0) is 4.79 Å². The second kappa shape index (κ2) is 5.64. The maximum Gasteiger partial charge on any atom is 0.221 e. The fraction of sp³-hybridized carbons (Fsp3) is 0.300. The van der Waals surface area contributed by atoms with E-state index in [1.54, 1.807) is 12.4 Å². The molecule has 3 aromatic rings. The van der Waals surface area contributed by atoms with Gasteiger partial charge in [-0.05, 0) is 47.9 Å². The van der Waals surface area contributed by atoms with Crippen molar-refractivity contribution in [2.75, 3.05) is 23.7 Å². The van der Waals surface area contributed by atoms with Gasteiger partial charge >= 0.3 is 0 Å². The third kappa shape index (κ3) is 2.50. The first-order chi connectivity index (χ1) is 13.0. The molecule has 0 bridgehead atoms. The van der Waals surface area contributed by atoms with E-state index >= 15 is 0 Å². The lowest BCUT2D eigenvalue weighted by Crippen LogP contribution is -2.28. The Kier molecular flexibility index (Phi) is 3.34. The molecule has 5 rings (SSSR count). The van der Waals surface area contributed by atoms with E-state index in [4.69, 9.17) is 11.5 Å². The van der Waals surface area contributed by atoms with Crippen molar-refractivity contribution >= 4 is 28.3 Å². The van der Waals surface area contributed by atoms with Gasteiger partial charge in [-0.25, -0.2) is 9.97 Å². The molecule has 2 fully saturated rings. The van der Waals surface area contributed by atoms with Crippen molar-refractivity contribution in [2.45, 2.75) is 6.92 Å². The molecule has 1 aliphatic heterocycles. The number of nitrogens with zero attached hydrogens (tertiary/aromatic N) is 4. The minimum absolute atomic E-state index is 0.0432. The number of anilines is 2. The third-order valence-corrected chi connectivity index (χ3v) is 5.89. The molecule has 4 N–H and O–H groups in total. The van der Waals surface area contributed by atoms with Gasteiger partial charge in [0.1, 0.15) is 11.6 Å². The molecule has 3 aromatic heterocycles. The van der Waals surface area contributed by atoms with E-state index in [1.165, 1.54) is 0 Å². The van der Waals surface area contributed by atoms with Crippen molar-refractivity contribution in [1.29, 1.82) is 0 Å². The molecule has 0 aromatic carbocycles. The van der Waals surface area contributed by atoms with Crippen LogP contribution in [0.5, 0.6) is 0 Å². The van der Waals surface area contributed by atoms with Crippen LogP contribution in [0.3, 0.4) is 0 Å². The van der Waals surface area contributed by atoms with E-state index in [-0.39, 0.29) is 11.8 Å². The molecule has 1 saturated carbocycles. The molecule has 1 amide bonds. The average Bonchev–Trinajstić information content (AvgIpc) is 3.17. The summed E-state index contributed by atoms with van der Waals surface area (Å²) < 4.78 is 0. The maximum absolute atomic E-state index is 11.4. The standard InChI is InChI=1S/C20H20N6O/c1-10-2-3-23-6-12(10)16-4-11-5-17(24-7-13(11)19(21)25-16)26-8-14-15(9-26)18(14)20(22)27/h2-7,14-15,18H,8-9H2,1H3,(H2,21,25)(H2,22,27). The summed E-state index contributed by atoms with van der Waals surface area (Å²) in [6, 6.07) is 6.04. The van der Waals surface area contributed by atoms with Crippen LogP contribution in [0.25, 0.3) is 22.0 Å². The lowest BCUT2D eigenvalue weighted by atomic mass is 10.1. The van der Waals surface area contributed by atoms with E-state index in [9.17, 15) is 4.79 Å². The van der Waals surface area contributed by atoms with Crippen LogP contribution in [0.1, 0.15) is 5.56 Å². The van der Waals surface area contributed by atoms with Gasteiger partial charge in [-0.1, -0.05) is 0 Å². The molecule has 4 heterocycles. The van der Waals surface area contributed by atoms with Gasteiger partial charge in [0.25, 0.3) is 0 Å². The average molecular weight is 360 g/mol. The van der Waals surface area contributed by atoms with Gasteiger partial charge in [0.05, 0.1) is 5.69 Å². The van der Waals surface area contributed by atoms with Crippen molar-refractivity contribution in [1.82, 2.24) is 15.0 Å². The molecule has 1 aliphatic carbocycles. The number of pyridine rings is 3. The van der Waals surface area contributed by atoms with Crippen molar-refractivity contribution in [3.63, 3.8) is 0 Å². The molecule has 0 spiro atoms. The summed E-state index contributed by atoms with van der Waals surface area (Å²) in [6.07, 6.45) is 5.36. The molecule has 7 nitrogen and oxygen atoms in total. The fourth-order valence-electron chi connectivity index (χ4n) is 4.34. The smallest absolute Gasteiger partial charge is 0.221 e. The Labute approximate surface area is 156 Å². The molecule has 27 heavy (non-hydrogen) atoms. The van der Waals surface area contributed by atoms with E-state index < -0.39 is 0 Å². The summed E-state index contributed by atoms with van der Waals surface area (Å²) in [5, 5.41) is 1.83. The largest absolute Gasteiger partial charge is 0.383 e. The summed E-state index contributed by atoms with van der Waals surface area (Å²) in [5.74, 6) is 1.97. The SMILES string of the molecule is Cc1ccncc1-c1cc2cc(N3CC4C(C3)C4C(N)=O)ncc2c(N)n1. The number of fused-ring (bicyclic) bond motifs is 2. The van der Waals surface area contributed by atoms with Gasteiger partial charge in [-0.2, -0.15) is 0 Å². The number of nitrogens with two attached hydrogens (primary N) is 2. The molecule has 1 saturated heterocycles. The van der Waals surface area contributed by atoms with Crippen LogP contribution in [0.15, 0.2) is 36.8 Å². The predicted molar refractivity (Wildman–Crippen MR) is 104 cm³/mol. The topological polar surface area (TPSA) is 111 Å². The fourth-order valence-corrected chi connectivity index (χ4v) is 4.34. The number of hydrogen-bond acceptors (Lipinski definition) is 6. The Hall–Kier alpha value is -3.22. The van der Waals surface area contributed by atoms with E-state index in [0.717, 1.165) is 46.5 Å². The number of rotatable bonds is 3. The van der Waals surface area contributed by atoms with Crippen LogP contribution < -0.4 is 16.4 Å². The molecule has 0 radical (unpaired) electrons. The first-order valence-electron chi connectivity index (χ1n) is 9.04. The highest BCUT2D eigenvalue weighted by Gasteiger charge is 2.58. The number of amides is 1. The normalized spacial score (nSPS) is 23.4. The monoisotopic (exact) mass is 360 g/mol. The summed E-state index contributed by atoms with van der Waals surface area (Å²) in [5.41, 5.74) is 14.5. The van der Waals surface area contributed by atoms with Gasteiger partial charge in [-0.15, -0.1) is 0 Å². The lowest BCUT2D eigenvalue weighted by molar-refractivity contribution is -0.119. The number of hydrogen-bond donors (Lipinski definition) is 2. The molecule has 2 unspecified atom stereocenters. The summed E-state index contributed by atoms with van der Waals surface area (Å²) in [4.78, 5) is 26.9. The Balaban J connectivity index is 1.50. The zero-order chi connectivity index (χ0) is 18.7. The number of primary amides is 1. The van der Waals surface area contributed by atoms with Crippen LogP contribution >= 0.6 is 0 Å². The minimum Gasteiger partial charge on any atom is -0.383 e. The van der Waals surface area contributed by atoms with Crippen LogP contribution in [0.4, 0.5) is 11.6 Å². The Morgan fingerprint density at radius 2 is 2.00 bits per heavy atom. The van der Waals surface area contributed by atoms with Gasteiger partial charge in [0, 0.05) is 48.5 Å². The molecule has 136 valence electrons. The second-order valence-electron chi connectivity index (χ2n) is 7.51. The lowest BCUT2D eigenvalue weighted by Gasteiger charge is -2.21. The highest BCUT2D eigenvalue weighted by atomic mass is 16.1. The quantitative estimate of drug-likeness (QED) is 0.736. The molecule has 2 aliphatic rings. The van der Waals surface area contributed by atoms with E-state index in [0.29, 0.717) is 17.7 Å². The first kappa shape index (κ1) is 16.0. The van der Waals surface area contributed by atoms with E-state index in [2.05, 4.69) is 19.9 Å². The van der Waals surface area contributed by atoms with Crippen molar-refractivity contribution in [3.05, 3.63) is 42.4 Å². The number of carbonyl (C=O) groups is 1. The molecular formula is C20H20N6O. The summed E-state index contributed by atoms with van der Waals surface area (Å²) in [7, 11) is 0. The third-order valence-electron chi connectivity index (χ3n) is 5.89. The van der Waals surface area contributed by atoms with Crippen LogP contribution in [0, 0.1) is 24.7 Å². The van der Waals surface area contributed by atoms with Crippen molar-refractivity contribution in [2.24, 2.45) is 23.5 Å². The van der Waals surface area contributed by atoms with Gasteiger partial charge in [0.2, 0.25) is 5.91 Å². The number of piperidine rings is 1. The minimum atomic E-state index is -0.175. The highest BCUT2D eigenvalue weighted by molar-refractivity contribution is 5.94. The van der Waals surface area contributed by atoms with Crippen molar-refractivity contribution < 1.29 is 4.79 Å². The summed E-state index contributed by atoms with van der Waals surface area (Å²) in [6.45, 7) is 3.68. The Bertz CT molecular complexity index is 1070. The summed E-state index contributed by atoms with van der Waals surface area (Å²) >= 11 is 0.